The summed E-state index contributed by atoms with van der Waals surface area (Å²) in [4.78, 5) is 24.6. The molecule has 114 valence electrons. The molecule has 0 aliphatic carbocycles. The van der Waals surface area contributed by atoms with Gasteiger partial charge < -0.3 is 20.2 Å². The summed E-state index contributed by atoms with van der Waals surface area (Å²) in [6.45, 7) is 1.07. The van der Waals surface area contributed by atoms with Gasteiger partial charge in [0.1, 0.15) is 11.5 Å². The van der Waals surface area contributed by atoms with Crippen LogP contribution in [0.5, 0.6) is 11.5 Å². The highest BCUT2D eigenvalue weighted by Gasteiger charge is 2.26. The van der Waals surface area contributed by atoms with Gasteiger partial charge in [-0.05, 0) is 43.4 Å². The zero-order valence-electron chi connectivity index (χ0n) is 11.7. The van der Waals surface area contributed by atoms with E-state index in [9.17, 15) is 19.8 Å². The fraction of sp³-hybridized carbons (Fsp3) is 0.467. The molecule has 6 heteroatoms. The molecule has 1 aromatic carbocycles. The monoisotopic (exact) mass is 293 g/mol. The molecule has 1 atom stereocenters. The third kappa shape index (κ3) is 3.87. The van der Waals surface area contributed by atoms with Crippen LogP contribution in [0.15, 0.2) is 18.2 Å². The van der Waals surface area contributed by atoms with Gasteiger partial charge in [0.2, 0.25) is 0 Å². The maximum absolute atomic E-state index is 12.4. The molecule has 3 N–H and O–H groups in total. The summed E-state index contributed by atoms with van der Waals surface area (Å²) in [6.07, 6.45) is 2.37. The second-order valence-corrected chi connectivity index (χ2v) is 5.39. The molecule has 0 spiro atoms. The first-order chi connectivity index (χ1) is 9.97. The summed E-state index contributed by atoms with van der Waals surface area (Å²) >= 11 is 0. The number of carboxylic acids is 1. The molecule has 1 aliphatic heterocycles. The van der Waals surface area contributed by atoms with Crippen molar-refractivity contribution < 1.29 is 24.9 Å². The standard InChI is InChI=1S/C15H19NO5/c17-11-4-5-13(18)12(8-11)15(21)16-7-1-2-10(9-16)3-6-14(19)20/h4-5,8,10,17-18H,1-3,6-7,9H2,(H,19,20). The summed E-state index contributed by atoms with van der Waals surface area (Å²) in [7, 11) is 0. The van der Waals surface area contributed by atoms with Gasteiger partial charge in [-0.2, -0.15) is 0 Å². The van der Waals surface area contributed by atoms with Crippen molar-refractivity contribution >= 4 is 11.9 Å². The highest BCUT2D eigenvalue weighted by atomic mass is 16.4. The van der Waals surface area contributed by atoms with Gasteiger partial charge in [-0.1, -0.05) is 0 Å². The number of phenolic OH excluding ortho intramolecular Hbond substituents is 2. The summed E-state index contributed by atoms with van der Waals surface area (Å²) in [5.41, 5.74) is 0.0777. The lowest BCUT2D eigenvalue weighted by Crippen LogP contribution is -2.40. The van der Waals surface area contributed by atoms with E-state index in [0.29, 0.717) is 19.5 Å². The Kier molecular flexibility index (Phi) is 4.67. The lowest BCUT2D eigenvalue weighted by atomic mass is 9.93. The Morgan fingerprint density at radius 1 is 1.29 bits per heavy atom. The van der Waals surface area contributed by atoms with E-state index in [1.165, 1.54) is 18.2 Å². The summed E-state index contributed by atoms with van der Waals surface area (Å²) in [5.74, 6) is -1.23. The van der Waals surface area contributed by atoms with E-state index >= 15 is 0 Å². The number of carbonyl (C=O) groups excluding carboxylic acids is 1. The normalized spacial score (nSPS) is 18.5. The maximum Gasteiger partial charge on any atom is 0.303 e. The van der Waals surface area contributed by atoms with E-state index in [1.807, 2.05) is 0 Å². The maximum atomic E-state index is 12.4. The number of rotatable bonds is 4. The van der Waals surface area contributed by atoms with E-state index in [1.54, 1.807) is 4.90 Å². The highest BCUT2D eigenvalue weighted by molar-refractivity contribution is 5.97. The molecule has 6 nitrogen and oxygen atoms in total. The van der Waals surface area contributed by atoms with Crippen molar-refractivity contribution in [3.63, 3.8) is 0 Å². The van der Waals surface area contributed by atoms with Crippen LogP contribution < -0.4 is 0 Å². The van der Waals surface area contributed by atoms with Crippen LogP contribution in [0, 0.1) is 5.92 Å². The number of phenols is 2. The van der Waals surface area contributed by atoms with E-state index in [4.69, 9.17) is 5.11 Å². The quantitative estimate of drug-likeness (QED) is 0.735. The third-order valence-electron chi connectivity index (χ3n) is 3.78. The molecule has 0 bridgehead atoms. The summed E-state index contributed by atoms with van der Waals surface area (Å²) in [5, 5.41) is 27.9. The third-order valence-corrected chi connectivity index (χ3v) is 3.78. The first-order valence-electron chi connectivity index (χ1n) is 7.00. The summed E-state index contributed by atoms with van der Waals surface area (Å²) in [6, 6.07) is 3.85. The van der Waals surface area contributed by atoms with Crippen molar-refractivity contribution in [2.45, 2.75) is 25.7 Å². The van der Waals surface area contributed by atoms with Gasteiger partial charge in [-0.15, -0.1) is 0 Å². The number of amides is 1. The smallest absolute Gasteiger partial charge is 0.303 e. The number of aliphatic carboxylic acids is 1. The second-order valence-electron chi connectivity index (χ2n) is 5.39. The van der Waals surface area contributed by atoms with Crippen LogP contribution in [0.2, 0.25) is 0 Å². The Morgan fingerprint density at radius 2 is 2.05 bits per heavy atom. The fourth-order valence-electron chi connectivity index (χ4n) is 2.68. The molecule has 1 heterocycles. The summed E-state index contributed by atoms with van der Waals surface area (Å²) < 4.78 is 0. The number of hydrogen-bond acceptors (Lipinski definition) is 4. The molecule has 1 amide bonds. The van der Waals surface area contributed by atoms with E-state index in [-0.39, 0.29) is 35.3 Å². The molecule has 1 aliphatic rings. The minimum atomic E-state index is -0.830. The van der Waals surface area contributed by atoms with Crippen LogP contribution in [0.3, 0.4) is 0 Å². The van der Waals surface area contributed by atoms with Gasteiger partial charge in [0.15, 0.2) is 0 Å². The topological polar surface area (TPSA) is 98.1 Å². The SMILES string of the molecule is O=C(O)CCC1CCCN(C(=O)c2cc(O)ccc2O)C1. The molecule has 0 radical (unpaired) electrons. The molecular weight excluding hydrogens is 274 g/mol. The average Bonchev–Trinajstić information content (AvgIpc) is 2.47. The second kappa shape index (κ2) is 6.47. The van der Waals surface area contributed by atoms with Crippen LogP contribution in [0.25, 0.3) is 0 Å². The van der Waals surface area contributed by atoms with Crippen LogP contribution in [-0.2, 0) is 4.79 Å². The largest absolute Gasteiger partial charge is 0.508 e. The number of hydrogen-bond donors (Lipinski definition) is 3. The number of nitrogens with zero attached hydrogens (tertiary/aromatic N) is 1. The number of piperidine rings is 1. The van der Waals surface area contributed by atoms with Gasteiger partial charge in [0, 0.05) is 19.5 Å². The molecule has 1 aromatic rings. The van der Waals surface area contributed by atoms with Gasteiger partial charge in [-0.25, -0.2) is 0 Å². The first-order valence-corrected chi connectivity index (χ1v) is 7.00. The molecule has 1 unspecified atom stereocenters. The molecule has 0 saturated carbocycles. The predicted molar refractivity (Wildman–Crippen MR) is 75.3 cm³/mol. The van der Waals surface area contributed by atoms with E-state index < -0.39 is 5.97 Å². The molecule has 1 fully saturated rings. The number of aromatic hydroxyl groups is 2. The van der Waals surface area contributed by atoms with Gasteiger partial charge in [-0.3, -0.25) is 9.59 Å². The van der Waals surface area contributed by atoms with E-state index in [2.05, 4.69) is 0 Å². The van der Waals surface area contributed by atoms with Crippen LogP contribution in [0.1, 0.15) is 36.0 Å². The van der Waals surface area contributed by atoms with Crippen molar-refractivity contribution in [3.05, 3.63) is 23.8 Å². The Bertz CT molecular complexity index is 543. The van der Waals surface area contributed by atoms with Gasteiger partial charge in [0.25, 0.3) is 5.91 Å². The zero-order valence-corrected chi connectivity index (χ0v) is 11.7. The first kappa shape index (κ1) is 15.2. The highest BCUT2D eigenvalue weighted by Crippen LogP contribution is 2.27. The molecule has 2 rings (SSSR count). The Hall–Kier alpha value is -2.24. The number of carboxylic acid groups (broad SMARTS) is 1. The Morgan fingerprint density at radius 3 is 2.76 bits per heavy atom. The minimum absolute atomic E-state index is 0.0735. The molecule has 21 heavy (non-hydrogen) atoms. The zero-order chi connectivity index (χ0) is 15.4. The van der Waals surface area contributed by atoms with Crippen molar-refractivity contribution in [2.24, 2.45) is 5.92 Å². The van der Waals surface area contributed by atoms with Crippen molar-refractivity contribution in [2.75, 3.05) is 13.1 Å². The lowest BCUT2D eigenvalue weighted by molar-refractivity contribution is -0.137. The van der Waals surface area contributed by atoms with Gasteiger partial charge in [0.05, 0.1) is 5.56 Å². The van der Waals surface area contributed by atoms with Crippen LogP contribution >= 0.6 is 0 Å². The fourth-order valence-corrected chi connectivity index (χ4v) is 2.68. The average molecular weight is 293 g/mol. The minimum Gasteiger partial charge on any atom is -0.508 e. The van der Waals surface area contributed by atoms with Crippen molar-refractivity contribution in [1.82, 2.24) is 4.90 Å². The molecule has 0 aromatic heterocycles. The molecular formula is C15H19NO5. The lowest BCUT2D eigenvalue weighted by Gasteiger charge is -2.32. The van der Waals surface area contributed by atoms with Crippen LogP contribution in [0.4, 0.5) is 0 Å². The number of benzene rings is 1. The van der Waals surface area contributed by atoms with Crippen molar-refractivity contribution in [1.29, 1.82) is 0 Å². The Balaban J connectivity index is 2.05. The number of likely N-dealkylation sites (tertiary alicyclic amines) is 1. The predicted octanol–water partition coefficient (Wildman–Crippen LogP) is 1.81. The van der Waals surface area contributed by atoms with Crippen LogP contribution in [-0.4, -0.2) is 45.2 Å². The Labute approximate surface area is 122 Å². The number of carbonyl (C=O) groups is 2. The van der Waals surface area contributed by atoms with E-state index in [0.717, 1.165) is 12.8 Å². The van der Waals surface area contributed by atoms with Gasteiger partial charge >= 0.3 is 5.97 Å². The van der Waals surface area contributed by atoms with Crippen molar-refractivity contribution in [3.8, 4) is 11.5 Å². The molecule has 1 saturated heterocycles.